The van der Waals surface area contributed by atoms with E-state index in [2.05, 4.69) is 22.0 Å². The Morgan fingerprint density at radius 2 is 1.81 bits per heavy atom. The number of nitrogens with zero attached hydrogens (tertiary/aromatic N) is 1. The molecule has 0 saturated heterocycles. The number of nitriles is 1. The van der Waals surface area contributed by atoms with E-state index < -0.39 is 0 Å². The topological polar surface area (TPSA) is 85.1 Å². The maximum Gasteiger partial charge on any atom is 0.205 e. The van der Waals surface area contributed by atoms with Crippen molar-refractivity contribution >= 4 is 21.6 Å². The Bertz CT molecular complexity index is 775. The van der Waals surface area contributed by atoms with E-state index in [1.807, 2.05) is 30.3 Å². The fourth-order valence-electron chi connectivity index (χ4n) is 2.47. The zero-order valence-corrected chi connectivity index (χ0v) is 12.6. The van der Waals surface area contributed by atoms with Crippen LogP contribution in [0.5, 0.6) is 5.75 Å². The van der Waals surface area contributed by atoms with Gasteiger partial charge in [0.25, 0.3) is 0 Å². The monoisotopic (exact) mass is 341 g/mol. The van der Waals surface area contributed by atoms with Crippen LogP contribution < -0.4 is 16.2 Å². The van der Waals surface area contributed by atoms with Gasteiger partial charge >= 0.3 is 0 Å². The predicted octanol–water partition coefficient (Wildman–Crippen LogP) is 3.25. The van der Waals surface area contributed by atoms with Crippen molar-refractivity contribution in [1.82, 2.24) is 0 Å². The van der Waals surface area contributed by atoms with Crippen molar-refractivity contribution in [2.75, 3.05) is 5.73 Å². The average Bonchev–Trinajstić information content (AvgIpc) is 2.46. The second kappa shape index (κ2) is 5.15. The fraction of sp³-hybridized carbons (Fsp3) is 0.0625. The molecule has 0 aliphatic carbocycles. The first-order chi connectivity index (χ1) is 10.1. The largest absolute Gasteiger partial charge is 0.440 e. The number of hydrogen-bond acceptors (Lipinski definition) is 4. The van der Waals surface area contributed by atoms with E-state index >= 15 is 0 Å². The number of rotatable bonds is 1. The van der Waals surface area contributed by atoms with E-state index in [4.69, 9.17) is 16.2 Å². The van der Waals surface area contributed by atoms with E-state index in [0.29, 0.717) is 17.0 Å². The number of nitrogen functional groups attached to an aromatic ring is 1. The fourth-order valence-corrected chi connectivity index (χ4v) is 2.73. The van der Waals surface area contributed by atoms with Crippen LogP contribution in [0.2, 0.25) is 0 Å². The summed E-state index contributed by atoms with van der Waals surface area (Å²) >= 11 is 3.41. The van der Waals surface area contributed by atoms with E-state index in [1.165, 1.54) is 0 Å². The Kier molecular flexibility index (Phi) is 3.32. The van der Waals surface area contributed by atoms with Crippen molar-refractivity contribution in [3.63, 3.8) is 0 Å². The normalized spacial score (nSPS) is 16.9. The molecule has 3 rings (SSSR count). The Hall–Kier alpha value is -2.45. The summed E-state index contributed by atoms with van der Waals surface area (Å²) in [7, 11) is 0. The predicted molar refractivity (Wildman–Crippen MR) is 84.3 cm³/mol. The van der Waals surface area contributed by atoms with E-state index in [0.717, 1.165) is 15.6 Å². The number of benzene rings is 2. The quantitative estimate of drug-likeness (QED) is 0.779. The summed E-state index contributed by atoms with van der Waals surface area (Å²) in [5.41, 5.74) is 14.6. The van der Waals surface area contributed by atoms with Crippen LogP contribution in [-0.2, 0) is 0 Å². The Morgan fingerprint density at radius 3 is 2.48 bits per heavy atom. The standard InChI is InChI=1S/C16H12BrN3O/c17-10-3-1-9(2-4-10)15-12-6-5-11(19)7-14(12)21-16(20)13(15)8-18/h1-7,15H,19-20H2/t15-/m0/s1. The first-order valence-corrected chi connectivity index (χ1v) is 7.12. The van der Waals surface area contributed by atoms with Crippen molar-refractivity contribution in [2.45, 2.75) is 5.92 Å². The number of halogens is 1. The van der Waals surface area contributed by atoms with Gasteiger partial charge in [-0.05, 0) is 23.8 Å². The molecule has 0 spiro atoms. The molecule has 0 bridgehead atoms. The van der Waals surface area contributed by atoms with E-state index in [1.54, 1.807) is 12.1 Å². The summed E-state index contributed by atoms with van der Waals surface area (Å²) in [6.45, 7) is 0. The smallest absolute Gasteiger partial charge is 0.205 e. The highest BCUT2D eigenvalue weighted by Gasteiger charge is 2.30. The summed E-state index contributed by atoms with van der Waals surface area (Å²) in [4.78, 5) is 0. The molecule has 1 heterocycles. The highest BCUT2D eigenvalue weighted by Crippen LogP contribution is 2.42. The molecule has 0 aromatic heterocycles. The first kappa shape index (κ1) is 13.5. The van der Waals surface area contributed by atoms with Gasteiger partial charge in [-0.2, -0.15) is 5.26 Å². The molecule has 2 aromatic carbocycles. The van der Waals surface area contributed by atoms with Crippen LogP contribution in [-0.4, -0.2) is 0 Å². The minimum atomic E-state index is -0.243. The van der Waals surface area contributed by atoms with Crippen molar-refractivity contribution in [3.8, 4) is 11.8 Å². The van der Waals surface area contributed by atoms with Gasteiger partial charge in [0.2, 0.25) is 5.88 Å². The lowest BCUT2D eigenvalue weighted by Gasteiger charge is -2.26. The summed E-state index contributed by atoms with van der Waals surface area (Å²) in [5, 5.41) is 9.43. The molecule has 4 N–H and O–H groups in total. The molecule has 0 unspecified atom stereocenters. The van der Waals surface area contributed by atoms with E-state index in [-0.39, 0.29) is 11.8 Å². The second-order valence-corrected chi connectivity index (χ2v) is 5.69. The molecule has 1 aliphatic heterocycles. The molecule has 5 heteroatoms. The van der Waals surface area contributed by atoms with Gasteiger partial charge < -0.3 is 16.2 Å². The highest BCUT2D eigenvalue weighted by atomic mass is 79.9. The minimum absolute atomic E-state index is 0.128. The first-order valence-electron chi connectivity index (χ1n) is 6.32. The zero-order chi connectivity index (χ0) is 15.0. The third-order valence-electron chi connectivity index (χ3n) is 3.45. The van der Waals surface area contributed by atoms with Crippen molar-refractivity contribution in [1.29, 1.82) is 5.26 Å². The average molecular weight is 342 g/mol. The number of hydrogen-bond donors (Lipinski definition) is 2. The van der Waals surface area contributed by atoms with Crippen molar-refractivity contribution in [3.05, 3.63) is 69.5 Å². The molecule has 0 radical (unpaired) electrons. The SMILES string of the molecule is N#CC1=C(N)Oc2cc(N)ccc2[C@@H]1c1ccc(Br)cc1. The second-order valence-electron chi connectivity index (χ2n) is 4.77. The minimum Gasteiger partial charge on any atom is -0.440 e. The molecular formula is C16H12BrN3O. The van der Waals surface area contributed by atoms with Gasteiger partial charge in [-0.15, -0.1) is 0 Å². The molecule has 0 fully saturated rings. The third kappa shape index (κ3) is 2.34. The molecular weight excluding hydrogens is 330 g/mol. The van der Waals surface area contributed by atoms with Crippen LogP contribution in [0.25, 0.3) is 0 Å². The highest BCUT2D eigenvalue weighted by molar-refractivity contribution is 9.10. The lowest BCUT2D eigenvalue weighted by molar-refractivity contribution is 0.394. The Labute approximate surface area is 130 Å². The lowest BCUT2D eigenvalue weighted by atomic mass is 9.83. The van der Waals surface area contributed by atoms with Crippen LogP contribution in [0.15, 0.2) is 58.4 Å². The number of nitrogens with two attached hydrogens (primary N) is 2. The molecule has 21 heavy (non-hydrogen) atoms. The van der Waals surface area contributed by atoms with Gasteiger partial charge in [0.1, 0.15) is 17.4 Å². The molecule has 104 valence electrons. The number of allylic oxidation sites excluding steroid dienone is 1. The van der Waals surface area contributed by atoms with Gasteiger partial charge in [-0.25, -0.2) is 0 Å². The molecule has 2 aromatic rings. The van der Waals surface area contributed by atoms with Crippen LogP contribution >= 0.6 is 15.9 Å². The summed E-state index contributed by atoms with van der Waals surface area (Å²) in [6.07, 6.45) is 0. The zero-order valence-electron chi connectivity index (χ0n) is 11.0. The number of ether oxygens (including phenoxy) is 1. The van der Waals surface area contributed by atoms with E-state index in [9.17, 15) is 5.26 Å². The molecule has 1 aliphatic rings. The molecule has 1 atom stereocenters. The third-order valence-corrected chi connectivity index (χ3v) is 3.98. The summed E-state index contributed by atoms with van der Waals surface area (Å²) in [6, 6.07) is 15.4. The van der Waals surface area contributed by atoms with Crippen LogP contribution in [0, 0.1) is 11.3 Å². The summed E-state index contributed by atoms with van der Waals surface area (Å²) < 4.78 is 6.52. The molecule has 4 nitrogen and oxygen atoms in total. The van der Waals surface area contributed by atoms with Gasteiger partial charge in [0, 0.05) is 21.8 Å². The van der Waals surface area contributed by atoms with Gasteiger partial charge in [0.05, 0.1) is 5.92 Å². The number of fused-ring (bicyclic) bond motifs is 1. The molecule has 0 saturated carbocycles. The Morgan fingerprint density at radius 1 is 1.10 bits per heavy atom. The van der Waals surface area contributed by atoms with Crippen LogP contribution in [0.1, 0.15) is 17.0 Å². The lowest BCUT2D eigenvalue weighted by Crippen LogP contribution is -2.21. The van der Waals surface area contributed by atoms with Gasteiger partial charge in [-0.3, -0.25) is 0 Å². The van der Waals surface area contributed by atoms with Gasteiger partial charge in [-0.1, -0.05) is 34.1 Å². The van der Waals surface area contributed by atoms with Gasteiger partial charge in [0.15, 0.2) is 0 Å². The van der Waals surface area contributed by atoms with Crippen LogP contribution in [0.4, 0.5) is 5.69 Å². The van der Waals surface area contributed by atoms with Crippen molar-refractivity contribution in [2.24, 2.45) is 5.73 Å². The molecule has 0 amide bonds. The maximum atomic E-state index is 9.43. The Balaban J connectivity index is 2.21. The maximum absolute atomic E-state index is 9.43. The van der Waals surface area contributed by atoms with Crippen LogP contribution in [0.3, 0.4) is 0 Å². The number of anilines is 1. The van der Waals surface area contributed by atoms with Crippen molar-refractivity contribution < 1.29 is 4.74 Å². The summed E-state index contributed by atoms with van der Waals surface area (Å²) in [5.74, 6) is 0.482.